The van der Waals surface area contributed by atoms with Crippen LogP contribution in [0.4, 0.5) is 0 Å². The van der Waals surface area contributed by atoms with Gasteiger partial charge in [0.15, 0.2) is 0 Å². The predicted octanol–water partition coefficient (Wildman–Crippen LogP) is 2.96. The zero-order valence-corrected chi connectivity index (χ0v) is 13.6. The highest BCUT2D eigenvalue weighted by Crippen LogP contribution is 2.25. The molecule has 1 rings (SSSR count). The van der Waals surface area contributed by atoms with Crippen LogP contribution in [0.1, 0.15) is 56.4 Å². The molecule has 2 atom stereocenters. The molecule has 1 aromatic carbocycles. The molecule has 21 heavy (non-hydrogen) atoms. The van der Waals surface area contributed by atoms with Crippen molar-refractivity contribution in [3.05, 3.63) is 34.9 Å². The first kappa shape index (κ1) is 17.7. The molecule has 4 heteroatoms. The van der Waals surface area contributed by atoms with Gasteiger partial charge in [-0.05, 0) is 52.2 Å². The summed E-state index contributed by atoms with van der Waals surface area (Å²) in [5, 5.41) is 23.0. The summed E-state index contributed by atoms with van der Waals surface area (Å²) in [6.45, 7) is 9.98. The summed E-state index contributed by atoms with van der Waals surface area (Å²) in [4.78, 5) is 10.8. The number of rotatable bonds is 6. The van der Waals surface area contributed by atoms with E-state index in [1.807, 2.05) is 52.8 Å². The van der Waals surface area contributed by atoms with Crippen molar-refractivity contribution < 1.29 is 15.0 Å². The largest absolute Gasteiger partial charge is 0.481 e. The van der Waals surface area contributed by atoms with Crippen LogP contribution in [0.5, 0.6) is 0 Å². The first-order valence-corrected chi connectivity index (χ1v) is 7.35. The summed E-state index contributed by atoms with van der Waals surface area (Å²) in [5.74, 6) is -0.844. The molecule has 0 spiro atoms. The number of carboxylic acids is 1. The number of aryl methyl sites for hydroxylation is 2. The summed E-state index contributed by atoms with van der Waals surface area (Å²) < 4.78 is 0. The molecular weight excluding hydrogens is 266 g/mol. The molecule has 0 aliphatic carbocycles. The molecule has 0 saturated heterocycles. The van der Waals surface area contributed by atoms with Gasteiger partial charge in [-0.3, -0.25) is 4.79 Å². The summed E-state index contributed by atoms with van der Waals surface area (Å²) in [6, 6.07) is 5.67. The maximum atomic E-state index is 10.8. The number of aliphatic hydroxyl groups is 1. The van der Waals surface area contributed by atoms with Gasteiger partial charge in [0.25, 0.3) is 0 Å². The molecular formula is C17H27NO3. The molecule has 0 aromatic heterocycles. The number of nitrogens with one attached hydrogen (secondary N) is 1. The Morgan fingerprint density at radius 1 is 1.29 bits per heavy atom. The summed E-state index contributed by atoms with van der Waals surface area (Å²) in [7, 11) is 0. The standard InChI is InChI=1S/C17H27NO3/c1-11-6-7-12(2)13(10-11)16(21)14(8-9-15(19)20)18-17(3,4)5/h6-7,10,14,16,18,21H,8-9H2,1-5H3,(H,19,20). The van der Waals surface area contributed by atoms with Crippen molar-refractivity contribution in [3.63, 3.8) is 0 Å². The van der Waals surface area contributed by atoms with Crippen molar-refractivity contribution in [2.45, 2.75) is 65.1 Å². The lowest BCUT2D eigenvalue weighted by Gasteiger charge is -2.32. The van der Waals surface area contributed by atoms with E-state index in [0.29, 0.717) is 6.42 Å². The topological polar surface area (TPSA) is 69.6 Å². The number of carbonyl (C=O) groups is 1. The minimum Gasteiger partial charge on any atom is -0.481 e. The number of benzene rings is 1. The molecule has 0 aliphatic heterocycles. The van der Waals surface area contributed by atoms with Crippen molar-refractivity contribution in [2.24, 2.45) is 0 Å². The van der Waals surface area contributed by atoms with Gasteiger partial charge in [-0.2, -0.15) is 0 Å². The second kappa shape index (κ2) is 7.05. The minimum absolute atomic E-state index is 0.0374. The highest BCUT2D eigenvalue weighted by Gasteiger charge is 2.26. The number of carboxylic acid groups (broad SMARTS) is 1. The van der Waals surface area contributed by atoms with E-state index >= 15 is 0 Å². The predicted molar refractivity (Wildman–Crippen MR) is 84.4 cm³/mol. The molecule has 0 amide bonds. The van der Waals surface area contributed by atoms with Gasteiger partial charge in [0.05, 0.1) is 6.10 Å². The first-order chi connectivity index (χ1) is 9.60. The average molecular weight is 293 g/mol. The van der Waals surface area contributed by atoms with Crippen molar-refractivity contribution in [1.82, 2.24) is 5.32 Å². The van der Waals surface area contributed by atoms with Gasteiger partial charge in [-0.25, -0.2) is 0 Å². The van der Waals surface area contributed by atoms with E-state index in [4.69, 9.17) is 5.11 Å². The van der Waals surface area contributed by atoms with Crippen LogP contribution in [0, 0.1) is 13.8 Å². The molecule has 4 nitrogen and oxygen atoms in total. The third kappa shape index (κ3) is 5.86. The first-order valence-electron chi connectivity index (χ1n) is 7.35. The van der Waals surface area contributed by atoms with E-state index in [1.165, 1.54) is 0 Å². The number of aliphatic hydroxyl groups excluding tert-OH is 1. The molecule has 0 radical (unpaired) electrons. The average Bonchev–Trinajstić information content (AvgIpc) is 2.35. The lowest BCUT2D eigenvalue weighted by Crippen LogP contribution is -2.47. The van der Waals surface area contributed by atoms with Gasteiger partial charge >= 0.3 is 5.97 Å². The Labute approximate surface area is 127 Å². The molecule has 1 aromatic rings. The van der Waals surface area contributed by atoms with E-state index in [2.05, 4.69) is 5.32 Å². The minimum atomic E-state index is -0.844. The fourth-order valence-electron chi connectivity index (χ4n) is 2.44. The third-order valence-corrected chi connectivity index (χ3v) is 3.42. The van der Waals surface area contributed by atoms with Crippen molar-refractivity contribution in [1.29, 1.82) is 0 Å². The summed E-state index contributed by atoms with van der Waals surface area (Å²) in [6.07, 6.45) is -0.292. The number of hydrogen-bond donors (Lipinski definition) is 3. The molecule has 3 N–H and O–H groups in total. The van der Waals surface area contributed by atoms with Crippen molar-refractivity contribution in [3.8, 4) is 0 Å². The van der Waals surface area contributed by atoms with Gasteiger partial charge in [0, 0.05) is 18.0 Å². The second-order valence-electron chi connectivity index (χ2n) is 6.74. The Bertz CT molecular complexity index is 491. The molecule has 0 aliphatic rings. The van der Waals surface area contributed by atoms with Crippen molar-refractivity contribution >= 4 is 5.97 Å². The van der Waals surface area contributed by atoms with Crippen LogP contribution in [0.25, 0.3) is 0 Å². The Morgan fingerprint density at radius 3 is 2.43 bits per heavy atom. The third-order valence-electron chi connectivity index (χ3n) is 3.42. The SMILES string of the molecule is Cc1ccc(C)c(C(O)C(CCC(=O)O)NC(C)(C)C)c1. The summed E-state index contributed by atoms with van der Waals surface area (Å²) >= 11 is 0. The van der Waals surface area contributed by atoms with Crippen LogP contribution in [0.3, 0.4) is 0 Å². The van der Waals surface area contributed by atoms with E-state index in [-0.39, 0.29) is 18.0 Å². The Kier molecular flexibility index (Phi) is 5.93. The quantitative estimate of drug-likeness (QED) is 0.754. The maximum Gasteiger partial charge on any atom is 0.303 e. The molecule has 2 unspecified atom stereocenters. The monoisotopic (exact) mass is 293 g/mol. The lowest BCUT2D eigenvalue weighted by molar-refractivity contribution is -0.137. The zero-order chi connectivity index (χ0) is 16.2. The van der Waals surface area contributed by atoms with Gasteiger partial charge in [0.1, 0.15) is 0 Å². The van der Waals surface area contributed by atoms with Gasteiger partial charge in [-0.1, -0.05) is 23.8 Å². The molecule has 0 bridgehead atoms. The van der Waals surface area contributed by atoms with E-state index in [0.717, 1.165) is 16.7 Å². The van der Waals surface area contributed by atoms with Crippen LogP contribution in [-0.2, 0) is 4.79 Å². The Morgan fingerprint density at radius 2 is 1.90 bits per heavy atom. The molecule has 0 fully saturated rings. The lowest BCUT2D eigenvalue weighted by atomic mass is 9.92. The molecule has 0 heterocycles. The highest BCUT2D eigenvalue weighted by atomic mass is 16.4. The smallest absolute Gasteiger partial charge is 0.303 e. The van der Waals surface area contributed by atoms with E-state index < -0.39 is 12.1 Å². The van der Waals surface area contributed by atoms with Crippen LogP contribution in [0.2, 0.25) is 0 Å². The normalized spacial score (nSPS) is 14.8. The second-order valence-corrected chi connectivity index (χ2v) is 6.74. The van der Waals surface area contributed by atoms with Gasteiger partial charge in [-0.15, -0.1) is 0 Å². The van der Waals surface area contributed by atoms with E-state index in [9.17, 15) is 9.90 Å². The maximum absolute atomic E-state index is 10.8. The van der Waals surface area contributed by atoms with E-state index in [1.54, 1.807) is 0 Å². The van der Waals surface area contributed by atoms with Crippen LogP contribution < -0.4 is 5.32 Å². The molecule has 0 saturated carbocycles. The van der Waals surface area contributed by atoms with Crippen LogP contribution in [0.15, 0.2) is 18.2 Å². The number of aliphatic carboxylic acids is 1. The fourth-order valence-corrected chi connectivity index (χ4v) is 2.44. The Hall–Kier alpha value is -1.39. The van der Waals surface area contributed by atoms with Crippen LogP contribution in [-0.4, -0.2) is 27.8 Å². The zero-order valence-electron chi connectivity index (χ0n) is 13.6. The summed E-state index contributed by atoms with van der Waals surface area (Å²) in [5.41, 5.74) is 2.77. The number of hydrogen-bond acceptors (Lipinski definition) is 3. The molecule has 118 valence electrons. The van der Waals surface area contributed by atoms with Gasteiger partial charge < -0.3 is 15.5 Å². The van der Waals surface area contributed by atoms with Gasteiger partial charge in [0.2, 0.25) is 0 Å². The highest BCUT2D eigenvalue weighted by molar-refractivity contribution is 5.66. The Balaban J connectivity index is 2.99. The van der Waals surface area contributed by atoms with Crippen LogP contribution >= 0.6 is 0 Å². The fraction of sp³-hybridized carbons (Fsp3) is 0.588. The van der Waals surface area contributed by atoms with Crippen molar-refractivity contribution in [2.75, 3.05) is 0 Å².